The van der Waals surface area contributed by atoms with Crippen molar-refractivity contribution in [2.24, 2.45) is 0 Å². The van der Waals surface area contributed by atoms with Gasteiger partial charge in [0, 0.05) is 0 Å². The van der Waals surface area contributed by atoms with Crippen LogP contribution in [0.5, 0.6) is 0 Å². The zero-order valence-electron chi connectivity index (χ0n) is 11.5. The molecule has 0 nitrogen and oxygen atoms in total. The smallest absolute Gasteiger partial charge is 0.0155 e. The van der Waals surface area contributed by atoms with E-state index in [2.05, 4.69) is 50.2 Å². The Morgan fingerprint density at radius 3 is 2.00 bits per heavy atom. The molecule has 0 aliphatic rings. The summed E-state index contributed by atoms with van der Waals surface area (Å²) in [7, 11) is 0. The molecule has 0 saturated carbocycles. The molecule has 0 N–H and O–H groups in total. The fraction of sp³-hybridized carbons (Fsp3) is 0.375. The van der Waals surface area contributed by atoms with Crippen LogP contribution in [0.4, 0.5) is 0 Å². The molecule has 0 fully saturated rings. The molecule has 0 radical (unpaired) electrons. The number of benzene rings is 2. The van der Waals surface area contributed by atoms with Gasteiger partial charge in [0.05, 0.1) is 0 Å². The summed E-state index contributed by atoms with van der Waals surface area (Å²) in [5, 5.41) is 2.71. The Morgan fingerprint density at radius 1 is 0.750 bits per heavy atom. The Balaban J connectivity index is 0.000000509. The van der Waals surface area contributed by atoms with Gasteiger partial charge in [0.25, 0.3) is 0 Å². The van der Waals surface area contributed by atoms with Crippen LogP contribution >= 0.6 is 0 Å². The van der Waals surface area contributed by atoms with Crippen LogP contribution in [-0.2, 0) is 0 Å². The number of hydrogen-bond acceptors (Lipinski definition) is 0. The van der Waals surface area contributed by atoms with Crippen molar-refractivity contribution in [1.82, 2.24) is 0 Å². The van der Waals surface area contributed by atoms with E-state index in [0.29, 0.717) is 0 Å². The van der Waals surface area contributed by atoms with Gasteiger partial charge in [0.15, 0.2) is 0 Å². The van der Waals surface area contributed by atoms with Gasteiger partial charge in [-0.2, -0.15) is 0 Å². The third-order valence-corrected chi connectivity index (χ3v) is 2.25. The van der Waals surface area contributed by atoms with E-state index >= 15 is 0 Å². The van der Waals surface area contributed by atoms with Crippen LogP contribution in [0.15, 0.2) is 36.4 Å². The minimum atomic E-state index is 1.33. The summed E-state index contributed by atoms with van der Waals surface area (Å²) in [4.78, 5) is 0. The fourth-order valence-corrected chi connectivity index (χ4v) is 1.57. The quantitative estimate of drug-likeness (QED) is 0.544. The predicted octanol–water partition coefficient (Wildman–Crippen LogP) is 5.51. The number of aryl methyl sites for hydroxylation is 2. The highest BCUT2D eigenvalue weighted by atomic mass is 14.0. The highest BCUT2D eigenvalue weighted by Gasteiger charge is 1.94. The van der Waals surface area contributed by atoms with E-state index in [1.165, 1.54) is 21.9 Å². The highest BCUT2D eigenvalue weighted by Crippen LogP contribution is 2.18. The zero-order chi connectivity index (χ0) is 12.6. The third kappa shape index (κ3) is 3.69. The van der Waals surface area contributed by atoms with Gasteiger partial charge in [0.2, 0.25) is 0 Å². The first-order chi connectivity index (χ1) is 7.77. The summed E-state index contributed by atoms with van der Waals surface area (Å²) in [5.41, 5.74) is 2.68. The van der Waals surface area contributed by atoms with Crippen LogP contribution < -0.4 is 0 Å². The molecule has 0 atom stereocenters. The normalized spacial score (nSPS) is 8.62. The monoisotopic (exact) mass is 216 g/mol. The van der Waals surface area contributed by atoms with Gasteiger partial charge in [0.1, 0.15) is 0 Å². The standard InChI is InChI=1S/C12H12.2C2H6/c1-9-6-7-12-10(2)4-3-5-11(12)8-9;2*1-2/h3-8H,1-2H3;2*1-2H3. The van der Waals surface area contributed by atoms with Crippen LogP contribution in [0.2, 0.25) is 0 Å². The van der Waals surface area contributed by atoms with Crippen molar-refractivity contribution in [2.75, 3.05) is 0 Å². The van der Waals surface area contributed by atoms with Crippen molar-refractivity contribution in [3.8, 4) is 0 Å². The van der Waals surface area contributed by atoms with Crippen LogP contribution in [0.25, 0.3) is 10.8 Å². The van der Waals surface area contributed by atoms with E-state index in [0.717, 1.165) is 0 Å². The molecule has 0 unspecified atom stereocenters. The molecule has 0 bridgehead atoms. The van der Waals surface area contributed by atoms with Crippen molar-refractivity contribution in [3.05, 3.63) is 47.5 Å². The molecule has 0 saturated heterocycles. The van der Waals surface area contributed by atoms with Crippen molar-refractivity contribution in [3.63, 3.8) is 0 Å². The van der Waals surface area contributed by atoms with Gasteiger partial charge < -0.3 is 0 Å². The van der Waals surface area contributed by atoms with E-state index < -0.39 is 0 Å². The van der Waals surface area contributed by atoms with Crippen molar-refractivity contribution < 1.29 is 0 Å². The molecule has 2 aromatic carbocycles. The summed E-state index contributed by atoms with van der Waals surface area (Å²) in [6, 6.07) is 13.0. The SMILES string of the molecule is CC.CC.Cc1ccc2c(C)cccc2c1. The molecule has 16 heavy (non-hydrogen) atoms. The van der Waals surface area contributed by atoms with Crippen LogP contribution in [0, 0.1) is 13.8 Å². The Kier molecular flexibility index (Phi) is 7.28. The van der Waals surface area contributed by atoms with E-state index in [9.17, 15) is 0 Å². The van der Waals surface area contributed by atoms with Gasteiger partial charge in [-0.25, -0.2) is 0 Å². The fourth-order valence-electron chi connectivity index (χ4n) is 1.57. The van der Waals surface area contributed by atoms with Crippen molar-refractivity contribution >= 4 is 10.8 Å². The van der Waals surface area contributed by atoms with Crippen molar-refractivity contribution in [1.29, 1.82) is 0 Å². The van der Waals surface area contributed by atoms with E-state index in [4.69, 9.17) is 0 Å². The van der Waals surface area contributed by atoms with E-state index in [1.807, 2.05) is 27.7 Å². The highest BCUT2D eigenvalue weighted by molar-refractivity contribution is 5.85. The molecule has 2 aromatic rings. The second kappa shape index (κ2) is 7.92. The number of rotatable bonds is 0. The molecular formula is C16H24. The Hall–Kier alpha value is -1.30. The second-order valence-electron chi connectivity index (χ2n) is 3.30. The van der Waals surface area contributed by atoms with E-state index in [-0.39, 0.29) is 0 Å². The largest absolute Gasteiger partial charge is 0.0683 e. The lowest BCUT2D eigenvalue weighted by Crippen LogP contribution is -1.78. The van der Waals surface area contributed by atoms with Crippen molar-refractivity contribution in [2.45, 2.75) is 41.5 Å². The average molecular weight is 216 g/mol. The minimum Gasteiger partial charge on any atom is -0.0683 e. The Labute approximate surface area is 100 Å². The molecule has 88 valence electrons. The van der Waals surface area contributed by atoms with Gasteiger partial charge >= 0.3 is 0 Å². The minimum absolute atomic E-state index is 1.33. The first-order valence-corrected chi connectivity index (χ1v) is 6.23. The Bertz CT molecular complexity index is 413. The van der Waals surface area contributed by atoms with Crippen LogP contribution in [0.3, 0.4) is 0 Å². The average Bonchev–Trinajstić information content (AvgIpc) is 2.34. The molecule has 0 spiro atoms. The molecule has 0 heteroatoms. The summed E-state index contributed by atoms with van der Waals surface area (Å²) in [6.45, 7) is 12.3. The third-order valence-electron chi connectivity index (χ3n) is 2.25. The lowest BCUT2D eigenvalue weighted by Gasteiger charge is -2.01. The molecule has 2 rings (SSSR count). The van der Waals surface area contributed by atoms with Crippen LogP contribution in [0.1, 0.15) is 38.8 Å². The zero-order valence-corrected chi connectivity index (χ0v) is 11.5. The number of fused-ring (bicyclic) bond motifs is 1. The van der Waals surface area contributed by atoms with Gasteiger partial charge in [-0.15, -0.1) is 0 Å². The van der Waals surface area contributed by atoms with Crippen LogP contribution in [-0.4, -0.2) is 0 Å². The summed E-state index contributed by atoms with van der Waals surface area (Å²) in [5.74, 6) is 0. The summed E-state index contributed by atoms with van der Waals surface area (Å²) < 4.78 is 0. The predicted molar refractivity (Wildman–Crippen MR) is 76.1 cm³/mol. The molecule has 0 heterocycles. The molecule has 0 aromatic heterocycles. The topological polar surface area (TPSA) is 0 Å². The lowest BCUT2D eigenvalue weighted by atomic mass is 10.0. The molecule has 0 aliphatic heterocycles. The molecular weight excluding hydrogens is 192 g/mol. The van der Waals surface area contributed by atoms with Gasteiger partial charge in [-0.3, -0.25) is 0 Å². The van der Waals surface area contributed by atoms with E-state index in [1.54, 1.807) is 0 Å². The van der Waals surface area contributed by atoms with Gasteiger partial charge in [-0.05, 0) is 30.2 Å². The van der Waals surface area contributed by atoms with Gasteiger partial charge in [-0.1, -0.05) is 69.7 Å². The summed E-state index contributed by atoms with van der Waals surface area (Å²) in [6.07, 6.45) is 0. The number of hydrogen-bond donors (Lipinski definition) is 0. The maximum absolute atomic E-state index is 2.22. The second-order valence-corrected chi connectivity index (χ2v) is 3.30. The first-order valence-electron chi connectivity index (χ1n) is 6.23. The lowest BCUT2D eigenvalue weighted by molar-refractivity contribution is 1.48. The Morgan fingerprint density at radius 2 is 1.38 bits per heavy atom. The first kappa shape index (κ1) is 14.7. The summed E-state index contributed by atoms with van der Waals surface area (Å²) >= 11 is 0. The molecule has 0 amide bonds. The maximum Gasteiger partial charge on any atom is -0.0155 e. The molecule has 0 aliphatic carbocycles. The maximum atomic E-state index is 2.22.